The van der Waals surface area contributed by atoms with Crippen molar-refractivity contribution in [1.29, 1.82) is 0 Å². The Morgan fingerprint density at radius 3 is 2.52 bits per heavy atom. The molecule has 0 amide bonds. The van der Waals surface area contributed by atoms with Gasteiger partial charge in [0, 0.05) is 25.5 Å². The molecule has 23 heavy (non-hydrogen) atoms. The van der Waals surface area contributed by atoms with Crippen molar-refractivity contribution in [2.45, 2.75) is 24.2 Å². The Hall–Kier alpha value is -1.86. The Kier molecular flexibility index (Phi) is 4.68. The van der Waals surface area contributed by atoms with E-state index in [2.05, 4.69) is 19.6 Å². The maximum atomic E-state index is 12.3. The van der Waals surface area contributed by atoms with Gasteiger partial charge in [0.2, 0.25) is 0 Å². The lowest BCUT2D eigenvalue weighted by molar-refractivity contribution is 0.573. The molecule has 1 fully saturated rings. The zero-order valence-electron chi connectivity index (χ0n) is 12.4. The Morgan fingerprint density at radius 1 is 1.09 bits per heavy atom. The van der Waals surface area contributed by atoms with Gasteiger partial charge in [-0.1, -0.05) is 11.6 Å². The van der Waals surface area contributed by atoms with E-state index in [1.54, 1.807) is 6.07 Å². The number of rotatable bonds is 4. The summed E-state index contributed by atoms with van der Waals surface area (Å²) >= 11 is 5.79. The second-order valence-electron chi connectivity index (χ2n) is 5.40. The maximum Gasteiger partial charge on any atom is 0.263 e. The average molecular weight is 353 g/mol. The molecule has 0 unspecified atom stereocenters. The van der Waals surface area contributed by atoms with Crippen LogP contribution in [0.4, 0.5) is 11.5 Å². The molecule has 3 heterocycles. The van der Waals surface area contributed by atoms with Crippen LogP contribution in [0.1, 0.15) is 19.3 Å². The minimum Gasteiger partial charge on any atom is -0.357 e. The first-order valence-corrected chi connectivity index (χ1v) is 9.25. The molecule has 0 spiro atoms. The first-order valence-electron chi connectivity index (χ1n) is 7.39. The van der Waals surface area contributed by atoms with Crippen LogP contribution < -0.4 is 9.62 Å². The molecule has 1 aliphatic heterocycles. The number of piperidine rings is 1. The Morgan fingerprint density at radius 2 is 1.87 bits per heavy atom. The molecule has 3 rings (SSSR count). The van der Waals surface area contributed by atoms with Crippen LogP contribution in [-0.2, 0) is 10.0 Å². The SMILES string of the molecule is O=S(=O)(Nc1ccc(N2CCCCC2)nc1)c1cncc(Cl)c1. The van der Waals surface area contributed by atoms with E-state index in [9.17, 15) is 8.42 Å². The Labute approximate surface area is 140 Å². The van der Waals surface area contributed by atoms with E-state index in [0.717, 1.165) is 31.7 Å². The van der Waals surface area contributed by atoms with Gasteiger partial charge in [0.1, 0.15) is 10.7 Å². The fourth-order valence-electron chi connectivity index (χ4n) is 2.51. The van der Waals surface area contributed by atoms with Crippen molar-refractivity contribution >= 4 is 33.1 Å². The van der Waals surface area contributed by atoms with Gasteiger partial charge in [0.25, 0.3) is 10.0 Å². The van der Waals surface area contributed by atoms with Crippen molar-refractivity contribution in [3.05, 3.63) is 41.8 Å². The van der Waals surface area contributed by atoms with Gasteiger partial charge in [0.05, 0.1) is 16.9 Å². The molecule has 0 radical (unpaired) electrons. The van der Waals surface area contributed by atoms with Crippen LogP contribution in [0.2, 0.25) is 5.02 Å². The third-order valence-electron chi connectivity index (χ3n) is 3.67. The van der Waals surface area contributed by atoms with E-state index in [0.29, 0.717) is 5.69 Å². The number of halogens is 1. The Balaban J connectivity index is 1.75. The molecule has 2 aromatic heterocycles. The fourth-order valence-corrected chi connectivity index (χ4v) is 3.78. The predicted octanol–water partition coefficient (Wildman–Crippen LogP) is 2.92. The third kappa shape index (κ3) is 3.92. The highest BCUT2D eigenvalue weighted by atomic mass is 35.5. The highest BCUT2D eigenvalue weighted by Crippen LogP contribution is 2.21. The molecule has 1 N–H and O–H groups in total. The smallest absolute Gasteiger partial charge is 0.263 e. The van der Waals surface area contributed by atoms with Gasteiger partial charge in [-0.25, -0.2) is 13.4 Å². The monoisotopic (exact) mass is 352 g/mol. The largest absolute Gasteiger partial charge is 0.357 e. The van der Waals surface area contributed by atoms with Gasteiger partial charge >= 0.3 is 0 Å². The van der Waals surface area contributed by atoms with Crippen LogP contribution >= 0.6 is 11.6 Å². The number of sulfonamides is 1. The van der Waals surface area contributed by atoms with E-state index < -0.39 is 10.0 Å². The molecular weight excluding hydrogens is 336 g/mol. The molecular formula is C15H17ClN4O2S. The van der Waals surface area contributed by atoms with Crippen LogP contribution in [0.5, 0.6) is 0 Å². The number of anilines is 2. The average Bonchev–Trinajstić information content (AvgIpc) is 2.56. The van der Waals surface area contributed by atoms with Crippen LogP contribution in [0.3, 0.4) is 0 Å². The van der Waals surface area contributed by atoms with Gasteiger partial charge in [0.15, 0.2) is 0 Å². The zero-order valence-corrected chi connectivity index (χ0v) is 14.0. The molecule has 0 aromatic carbocycles. The number of aromatic nitrogens is 2. The van der Waals surface area contributed by atoms with Crippen LogP contribution in [-0.4, -0.2) is 31.5 Å². The van der Waals surface area contributed by atoms with E-state index >= 15 is 0 Å². The number of hydrogen-bond acceptors (Lipinski definition) is 5. The number of pyridine rings is 2. The predicted molar refractivity (Wildman–Crippen MR) is 90.4 cm³/mol. The molecule has 0 bridgehead atoms. The van der Waals surface area contributed by atoms with Crippen molar-refractivity contribution in [2.75, 3.05) is 22.7 Å². The lowest BCUT2D eigenvalue weighted by Gasteiger charge is -2.27. The number of nitrogens with one attached hydrogen (secondary N) is 1. The number of nitrogens with zero attached hydrogens (tertiary/aromatic N) is 3. The highest BCUT2D eigenvalue weighted by molar-refractivity contribution is 7.92. The van der Waals surface area contributed by atoms with Crippen LogP contribution in [0.25, 0.3) is 0 Å². The summed E-state index contributed by atoms with van der Waals surface area (Å²) < 4.78 is 27.1. The van der Waals surface area contributed by atoms with Crippen LogP contribution in [0, 0.1) is 0 Å². The summed E-state index contributed by atoms with van der Waals surface area (Å²) in [6.45, 7) is 1.98. The van der Waals surface area contributed by atoms with Gasteiger partial charge in [-0.2, -0.15) is 0 Å². The second-order valence-corrected chi connectivity index (χ2v) is 7.52. The summed E-state index contributed by atoms with van der Waals surface area (Å²) in [7, 11) is -3.72. The topological polar surface area (TPSA) is 75.2 Å². The standard InChI is InChI=1S/C15H17ClN4O2S/c16-12-8-14(11-17-9-12)23(21,22)19-13-4-5-15(18-10-13)20-6-2-1-3-7-20/h4-5,8-11,19H,1-3,6-7H2. The van der Waals surface area contributed by atoms with E-state index in [1.807, 2.05) is 6.07 Å². The first kappa shape index (κ1) is 16.0. The fraction of sp³-hybridized carbons (Fsp3) is 0.333. The summed E-state index contributed by atoms with van der Waals surface area (Å²) in [6, 6.07) is 4.90. The van der Waals surface area contributed by atoms with Crippen molar-refractivity contribution in [1.82, 2.24) is 9.97 Å². The molecule has 0 saturated carbocycles. The molecule has 122 valence electrons. The normalized spacial score (nSPS) is 15.4. The van der Waals surface area contributed by atoms with Gasteiger partial charge in [-0.15, -0.1) is 0 Å². The maximum absolute atomic E-state index is 12.3. The summed E-state index contributed by atoms with van der Waals surface area (Å²) in [5.41, 5.74) is 0.408. The van der Waals surface area contributed by atoms with Crippen LogP contribution in [0.15, 0.2) is 41.7 Å². The lowest BCUT2D eigenvalue weighted by Crippen LogP contribution is -2.30. The summed E-state index contributed by atoms with van der Waals surface area (Å²) in [4.78, 5) is 10.4. The van der Waals surface area contributed by atoms with Crippen molar-refractivity contribution in [3.8, 4) is 0 Å². The zero-order chi connectivity index (χ0) is 16.3. The van der Waals surface area contributed by atoms with Gasteiger partial charge in [-0.05, 0) is 37.5 Å². The number of hydrogen-bond donors (Lipinski definition) is 1. The minimum atomic E-state index is -3.72. The minimum absolute atomic E-state index is 0.0186. The molecule has 0 atom stereocenters. The van der Waals surface area contributed by atoms with Crippen molar-refractivity contribution < 1.29 is 8.42 Å². The quantitative estimate of drug-likeness (QED) is 0.915. The Bertz CT molecular complexity index is 774. The van der Waals surface area contributed by atoms with E-state index in [1.165, 1.54) is 31.1 Å². The molecule has 0 aliphatic carbocycles. The molecule has 2 aromatic rings. The van der Waals surface area contributed by atoms with Crippen molar-refractivity contribution in [3.63, 3.8) is 0 Å². The lowest BCUT2D eigenvalue weighted by atomic mass is 10.1. The second kappa shape index (κ2) is 6.72. The molecule has 8 heteroatoms. The summed E-state index contributed by atoms with van der Waals surface area (Å²) in [5.74, 6) is 0.872. The van der Waals surface area contributed by atoms with E-state index in [-0.39, 0.29) is 9.92 Å². The highest BCUT2D eigenvalue weighted by Gasteiger charge is 2.16. The van der Waals surface area contributed by atoms with Gasteiger partial charge in [-0.3, -0.25) is 9.71 Å². The molecule has 6 nitrogen and oxygen atoms in total. The summed E-state index contributed by atoms with van der Waals surface area (Å²) in [5, 5.41) is 0.270. The van der Waals surface area contributed by atoms with E-state index in [4.69, 9.17) is 11.6 Å². The summed E-state index contributed by atoms with van der Waals surface area (Å²) in [6.07, 6.45) is 7.75. The third-order valence-corrected chi connectivity index (χ3v) is 5.23. The van der Waals surface area contributed by atoms with Crippen molar-refractivity contribution in [2.24, 2.45) is 0 Å². The molecule has 1 aliphatic rings. The van der Waals surface area contributed by atoms with Gasteiger partial charge < -0.3 is 4.90 Å². The molecule has 1 saturated heterocycles. The first-order chi connectivity index (χ1) is 11.0.